The van der Waals surface area contributed by atoms with E-state index in [2.05, 4.69) is 0 Å². The molecule has 0 fully saturated rings. The molecule has 1 aromatic heterocycles. The molecule has 3 rings (SSSR count). The van der Waals surface area contributed by atoms with Gasteiger partial charge >= 0.3 is 11.6 Å². The van der Waals surface area contributed by atoms with Crippen LogP contribution in [0.15, 0.2) is 63.3 Å². The number of aryl methyl sites for hydroxylation is 2. The van der Waals surface area contributed by atoms with E-state index < -0.39 is 11.6 Å². The monoisotopic (exact) mass is 373 g/mol. The first-order valence-corrected chi connectivity index (χ1v) is 8.91. The number of hydrogen-bond donors (Lipinski definition) is 0. The lowest BCUT2D eigenvalue weighted by Crippen LogP contribution is -2.09. The Bertz CT molecular complexity index is 1150. The van der Waals surface area contributed by atoms with E-state index in [9.17, 15) is 14.9 Å². The summed E-state index contributed by atoms with van der Waals surface area (Å²) < 4.78 is 10.5. The van der Waals surface area contributed by atoms with Crippen LogP contribution in [0.1, 0.15) is 29.2 Å². The smallest absolute Gasteiger partial charge is 0.349 e. The van der Waals surface area contributed by atoms with Gasteiger partial charge in [0, 0.05) is 17.0 Å². The van der Waals surface area contributed by atoms with Crippen LogP contribution in [-0.4, -0.2) is 5.97 Å². The minimum atomic E-state index is -0.741. The minimum Gasteiger partial charge on any atom is -0.457 e. The fraction of sp³-hybridized carbons (Fsp3) is 0.174. The first-order valence-electron chi connectivity index (χ1n) is 8.91. The Balaban J connectivity index is 1.83. The predicted molar refractivity (Wildman–Crippen MR) is 106 cm³/mol. The van der Waals surface area contributed by atoms with Crippen molar-refractivity contribution in [1.29, 1.82) is 5.26 Å². The van der Waals surface area contributed by atoms with Crippen LogP contribution in [0.2, 0.25) is 0 Å². The fourth-order valence-electron chi connectivity index (χ4n) is 2.80. The lowest BCUT2D eigenvalue weighted by Gasteiger charge is -2.08. The molecule has 0 bridgehead atoms. The van der Waals surface area contributed by atoms with E-state index >= 15 is 0 Å². The van der Waals surface area contributed by atoms with Crippen LogP contribution in [0.4, 0.5) is 0 Å². The highest BCUT2D eigenvalue weighted by atomic mass is 16.5. The van der Waals surface area contributed by atoms with Gasteiger partial charge in [0.15, 0.2) is 0 Å². The van der Waals surface area contributed by atoms with Crippen molar-refractivity contribution in [3.8, 4) is 6.07 Å². The number of rotatable bonds is 5. The molecular formula is C23H19NO4. The summed E-state index contributed by atoms with van der Waals surface area (Å²) in [7, 11) is 0. The number of nitriles is 1. The third-order valence-electron chi connectivity index (χ3n) is 4.39. The summed E-state index contributed by atoms with van der Waals surface area (Å²) in [5.41, 5.74) is 3.23. The van der Waals surface area contributed by atoms with Gasteiger partial charge in [-0.2, -0.15) is 5.26 Å². The van der Waals surface area contributed by atoms with E-state index in [1.54, 1.807) is 6.07 Å². The Morgan fingerprint density at radius 2 is 1.93 bits per heavy atom. The fourth-order valence-corrected chi connectivity index (χ4v) is 2.80. The number of nitrogens with zero attached hydrogens (tertiary/aromatic N) is 1. The van der Waals surface area contributed by atoms with Gasteiger partial charge in [0.2, 0.25) is 0 Å². The number of benzene rings is 2. The second kappa shape index (κ2) is 8.36. The summed E-state index contributed by atoms with van der Waals surface area (Å²) in [6.07, 6.45) is 2.29. The van der Waals surface area contributed by atoms with E-state index in [0.29, 0.717) is 16.5 Å². The Morgan fingerprint density at radius 3 is 2.61 bits per heavy atom. The van der Waals surface area contributed by atoms with E-state index in [4.69, 9.17) is 9.15 Å². The van der Waals surface area contributed by atoms with Crippen molar-refractivity contribution in [2.45, 2.75) is 26.9 Å². The summed E-state index contributed by atoms with van der Waals surface area (Å²) >= 11 is 0. The maximum atomic E-state index is 12.3. The molecule has 0 spiro atoms. The van der Waals surface area contributed by atoms with E-state index in [-0.39, 0.29) is 12.2 Å². The lowest BCUT2D eigenvalue weighted by molar-refractivity contribution is -0.139. The van der Waals surface area contributed by atoms with Crippen LogP contribution in [0, 0.1) is 18.3 Å². The van der Waals surface area contributed by atoms with Gasteiger partial charge in [-0.05, 0) is 36.6 Å². The van der Waals surface area contributed by atoms with E-state index in [1.807, 2.05) is 56.3 Å². The number of esters is 1. The molecule has 0 saturated heterocycles. The van der Waals surface area contributed by atoms with Gasteiger partial charge in [0.05, 0.1) is 0 Å². The van der Waals surface area contributed by atoms with Gasteiger partial charge in [-0.1, -0.05) is 48.9 Å². The van der Waals surface area contributed by atoms with Gasteiger partial charge < -0.3 is 9.15 Å². The maximum absolute atomic E-state index is 12.3. The average molecular weight is 373 g/mol. The number of carbonyl (C=O) groups excluding carboxylic acids is 1. The summed E-state index contributed by atoms with van der Waals surface area (Å²) in [5.74, 6) is -0.741. The van der Waals surface area contributed by atoms with Crippen molar-refractivity contribution in [3.63, 3.8) is 0 Å². The second-order valence-corrected chi connectivity index (χ2v) is 6.43. The van der Waals surface area contributed by atoms with Crippen LogP contribution in [0.5, 0.6) is 0 Å². The molecule has 140 valence electrons. The van der Waals surface area contributed by atoms with E-state index in [0.717, 1.165) is 23.1 Å². The Hall–Kier alpha value is -3.65. The molecule has 3 aromatic rings. The van der Waals surface area contributed by atoms with Crippen molar-refractivity contribution in [3.05, 3.63) is 86.8 Å². The second-order valence-electron chi connectivity index (χ2n) is 6.43. The molecule has 0 aliphatic heterocycles. The molecule has 0 saturated carbocycles. The minimum absolute atomic E-state index is 0.107. The van der Waals surface area contributed by atoms with Gasteiger partial charge in [0.1, 0.15) is 23.8 Å². The van der Waals surface area contributed by atoms with Crippen LogP contribution in [-0.2, 0) is 22.6 Å². The van der Waals surface area contributed by atoms with Gasteiger partial charge in [-0.25, -0.2) is 9.59 Å². The normalized spacial score (nSPS) is 11.2. The van der Waals surface area contributed by atoms with Crippen LogP contribution >= 0.6 is 0 Å². The SMILES string of the molecule is CCc1ccc2c(COC(=O)/C(C#N)=C/c3ccc(C)cc3)cc(=O)oc2c1. The highest BCUT2D eigenvalue weighted by Crippen LogP contribution is 2.20. The molecule has 0 amide bonds. The molecule has 0 radical (unpaired) electrons. The van der Waals surface area contributed by atoms with Crippen LogP contribution in [0.3, 0.4) is 0 Å². The molecule has 0 unspecified atom stereocenters. The van der Waals surface area contributed by atoms with Crippen LogP contribution in [0.25, 0.3) is 17.0 Å². The summed E-state index contributed by atoms with van der Waals surface area (Å²) in [6.45, 7) is 3.84. The molecular weight excluding hydrogens is 354 g/mol. The first kappa shape index (κ1) is 19.1. The third-order valence-corrected chi connectivity index (χ3v) is 4.39. The zero-order valence-electron chi connectivity index (χ0n) is 15.7. The summed E-state index contributed by atoms with van der Waals surface area (Å²) in [4.78, 5) is 24.2. The van der Waals surface area contributed by atoms with Crippen molar-refractivity contribution >= 4 is 23.0 Å². The summed E-state index contributed by atoms with van der Waals surface area (Å²) in [6, 6.07) is 16.2. The van der Waals surface area contributed by atoms with Crippen molar-refractivity contribution in [1.82, 2.24) is 0 Å². The number of ether oxygens (including phenoxy) is 1. The molecule has 0 aliphatic rings. The largest absolute Gasteiger partial charge is 0.457 e. The molecule has 0 N–H and O–H groups in total. The first-order chi connectivity index (χ1) is 13.5. The molecule has 2 aromatic carbocycles. The predicted octanol–water partition coefficient (Wildman–Crippen LogP) is 4.31. The maximum Gasteiger partial charge on any atom is 0.349 e. The topological polar surface area (TPSA) is 80.3 Å². The molecule has 0 atom stereocenters. The molecule has 5 heteroatoms. The molecule has 0 aliphatic carbocycles. The highest BCUT2D eigenvalue weighted by molar-refractivity contribution is 5.98. The number of fused-ring (bicyclic) bond motifs is 1. The Labute approximate surface area is 162 Å². The zero-order valence-corrected chi connectivity index (χ0v) is 15.7. The van der Waals surface area contributed by atoms with Crippen molar-refractivity contribution in [2.24, 2.45) is 0 Å². The van der Waals surface area contributed by atoms with Crippen LogP contribution < -0.4 is 5.63 Å². The third kappa shape index (κ3) is 4.36. The quantitative estimate of drug-likeness (QED) is 0.288. The molecule has 5 nitrogen and oxygen atoms in total. The number of carbonyl (C=O) groups is 1. The Morgan fingerprint density at radius 1 is 1.18 bits per heavy atom. The lowest BCUT2D eigenvalue weighted by atomic mass is 10.1. The zero-order chi connectivity index (χ0) is 20.1. The Kier molecular flexibility index (Phi) is 5.71. The van der Waals surface area contributed by atoms with Gasteiger partial charge in [0.25, 0.3) is 0 Å². The highest BCUT2D eigenvalue weighted by Gasteiger charge is 2.13. The van der Waals surface area contributed by atoms with Crippen molar-refractivity contribution < 1.29 is 13.9 Å². The van der Waals surface area contributed by atoms with Gasteiger partial charge in [-0.15, -0.1) is 0 Å². The molecule has 28 heavy (non-hydrogen) atoms. The number of hydrogen-bond acceptors (Lipinski definition) is 5. The standard InChI is InChI=1S/C23H19NO4/c1-3-16-8-9-20-19(12-22(25)28-21(20)11-16)14-27-23(26)18(13-24)10-17-6-4-15(2)5-7-17/h4-12H,3,14H2,1-2H3/b18-10+. The molecule has 1 heterocycles. The van der Waals surface area contributed by atoms with Crippen molar-refractivity contribution in [2.75, 3.05) is 0 Å². The summed E-state index contributed by atoms with van der Waals surface area (Å²) in [5, 5.41) is 10.00. The van der Waals surface area contributed by atoms with E-state index in [1.165, 1.54) is 12.1 Å². The average Bonchev–Trinajstić information content (AvgIpc) is 2.70. The van der Waals surface area contributed by atoms with Gasteiger partial charge in [-0.3, -0.25) is 0 Å².